The van der Waals surface area contributed by atoms with E-state index in [0.717, 1.165) is 18.7 Å². The fourth-order valence-electron chi connectivity index (χ4n) is 1.22. The summed E-state index contributed by atoms with van der Waals surface area (Å²) in [6.07, 6.45) is 3.30. The maximum absolute atomic E-state index is 11.5. The predicted molar refractivity (Wildman–Crippen MR) is 52.2 cm³/mol. The van der Waals surface area contributed by atoms with Crippen LogP contribution in [0.25, 0.3) is 0 Å². The molecule has 0 aromatic carbocycles. The van der Waals surface area contributed by atoms with E-state index in [1.54, 1.807) is 18.5 Å². The van der Waals surface area contributed by atoms with Crippen molar-refractivity contribution < 1.29 is 4.79 Å². The Balaban J connectivity index is 0.000000845. The van der Waals surface area contributed by atoms with Crippen LogP contribution in [0.5, 0.6) is 0 Å². The van der Waals surface area contributed by atoms with Crippen LogP contribution in [0.3, 0.4) is 0 Å². The second kappa shape index (κ2) is 4.35. The van der Waals surface area contributed by atoms with Gasteiger partial charge < -0.3 is 5.32 Å². The Morgan fingerprint density at radius 3 is 2.77 bits per heavy atom. The van der Waals surface area contributed by atoms with E-state index in [1.165, 1.54) is 0 Å². The summed E-state index contributed by atoms with van der Waals surface area (Å²) in [4.78, 5) is 15.5. The highest BCUT2D eigenvalue weighted by Gasteiger charge is 2.25. The number of halogens is 1. The molecule has 0 amide bonds. The number of ketones is 1. The molecule has 13 heavy (non-hydrogen) atoms. The molecule has 1 saturated heterocycles. The Kier molecular flexibility index (Phi) is 3.39. The third kappa shape index (κ3) is 2.05. The Morgan fingerprint density at radius 2 is 2.31 bits per heavy atom. The zero-order chi connectivity index (χ0) is 8.39. The molecule has 2 rings (SSSR count). The molecule has 2 heterocycles. The first kappa shape index (κ1) is 10.2. The highest BCUT2D eigenvalue weighted by Crippen LogP contribution is 2.11. The van der Waals surface area contributed by atoms with Gasteiger partial charge in [-0.25, -0.2) is 0 Å². The van der Waals surface area contributed by atoms with Gasteiger partial charge in [0.1, 0.15) is 0 Å². The van der Waals surface area contributed by atoms with Crippen molar-refractivity contribution in [1.82, 2.24) is 10.3 Å². The molecular formula is C9H11ClN2O. The van der Waals surface area contributed by atoms with E-state index in [9.17, 15) is 4.79 Å². The van der Waals surface area contributed by atoms with Crippen LogP contribution in [0.1, 0.15) is 10.4 Å². The summed E-state index contributed by atoms with van der Waals surface area (Å²) < 4.78 is 0. The lowest BCUT2D eigenvalue weighted by atomic mass is 9.94. The third-order valence-corrected chi connectivity index (χ3v) is 2.10. The SMILES string of the molecule is Cl.O=C(c1cccnc1)C1CNC1. The lowest BCUT2D eigenvalue weighted by Gasteiger charge is -2.25. The molecule has 70 valence electrons. The van der Waals surface area contributed by atoms with Crippen LogP contribution in [0, 0.1) is 5.92 Å². The molecule has 0 aliphatic carbocycles. The summed E-state index contributed by atoms with van der Waals surface area (Å²) in [6, 6.07) is 3.60. The number of rotatable bonds is 2. The summed E-state index contributed by atoms with van der Waals surface area (Å²) in [5.74, 6) is 0.385. The monoisotopic (exact) mass is 198 g/mol. The van der Waals surface area contributed by atoms with Gasteiger partial charge in [-0.05, 0) is 12.1 Å². The first-order chi connectivity index (χ1) is 5.88. The molecule has 0 radical (unpaired) electrons. The topological polar surface area (TPSA) is 42.0 Å². The molecule has 0 unspecified atom stereocenters. The summed E-state index contributed by atoms with van der Waals surface area (Å²) >= 11 is 0. The molecule has 1 aliphatic rings. The van der Waals surface area contributed by atoms with E-state index < -0.39 is 0 Å². The van der Waals surface area contributed by atoms with Gasteiger partial charge in [0.25, 0.3) is 0 Å². The van der Waals surface area contributed by atoms with Crippen molar-refractivity contribution in [1.29, 1.82) is 0 Å². The molecule has 1 aromatic heterocycles. The van der Waals surface area contributed by atoms with E-state index in [2.05, 4.69) is 10.3 Å². The van der Waals surface area contributed by atoms with Gasteiger partial charge in [0.2, 0.25) is 0 Å². The van der Waals surface area contributed by atoms with Crippen molar-refractivity contribution in [2.75, 3.05) is 13.1 Å². The molecular weight excluding hydrogens is 188 g/mol. The van der Waals surface area contributed by atoms with Crippen molar-refractivity contribution in [2.24, 2.45) is 5.92 Å². The van der Waals surface area contributed by atoms with Crippen LogP contribution in [-0.4, -0.2) is 23.9 Å². The van der Waals surface area contributed by atoms with Gasteiger partial charge in [-0.2, -0.15) is 0 Å². The number of hydrogen-bond donors (Lipinski definition) is 1. The number of hydrogen-bond acceptors (Lipinski definition) is 3. The highest BCUT2D eigenvalue weighted by molar-refractivity contribution is 5.98. The van der Waals surface area contributed by atoms with Crippen molar-refractivity contribution in [3.63, 3.8) is 0 Å². The predicted octanol–water partition coefficient (Wildman–Crippen LogP) is 0.905. The van der Waals surface area contributed by atoms with Gasteiger partial charge in [0, 0.05) is 37.0 Å². The number of carbonyl (C=O) groups is 1. The molecule has 0 spiro atoms. The molecule has 3 nitrogen and oxygen atoms in total. The Bertz CT molecular complexity index is 285. The first-order valence-electron chi connectivity index (χ1n) is 4.03. The zero-order valence-corrected chi connectivity index (χ0v) is 7.88. The van der Waals surface area contributed by atoms with Crippen LogP contribution >= 0.6 is 12.4 Å². The van der Waals surface area contributed by atoms with Crippen molar-refractivity contribution >= 4 is 18.2 Å². The van der Waals surface area contributed by atoms with Crippen LogP contribution < -0.4 is 5.32 Å². The minimum absolute atomic E-state index is 0. The second-order valence-electron chi connectivity index (χ2n) is 2.96. The molecule has 1 aromatic rings. The first-order valence-corrected chi connectivity index (χ1v) is 4.03. The maximum Gasteiger partial charge on any atom is 0.170 e. The van der Waals surface area contributed by atoms with Gasteiger partial charge in [0.15, 0.2) is 5.78 Å². The smallest absolute Gasteiger partial charge is 0.170 e. The van der Waals surface area contributed by atoms with Crippen LogP contribution in [0.15, 0.2) is 24.5 Å². The average Bonchev–Trinajstić information content (AvgIpc) is 2.03. The quantitative estimate of drug-likeness (QED) is 0.719. The van der Waals surface area contributed by atoms with Crippen LogP contribution in [0.2, 0.25) is 0 Å². The molecule has 4 heteroatoms. The molecule has 1 N–H and O–H groups in total. The van der Waals surface area contributed by atoms with E-state index in [1.807, 2.05) is 6.07 Å². The van der Waals surface area contributed by atoms with Crippen molar-refractivity contribution in [3.05, 3.63) is 30.1 Å². The molecule has 0 saturated carbocycles. The molecule has 1 aliphatic heterocycles. The summed E-state index contributed by atoms with van der Waals surface area (Å²) in [5.41, 5.74) is 0.726. The van der Waals surface area contributed by atoms with Gasteiger partial charge >= 0.3 is 0 Å². The van der Waals surface area contributed by atoms with E-state index in [0.29, 0.717) is 0 Å². The minimum Gasteiger partial charge on any atom is -0.315 e. The Morgan fingerprint density at radius 1 is 1.54 bits per heavy atom. The zero-order valence-electron chi connectivity index (χ0n) is 7.06. The molecule has 1 fully saturated rings. The van der Waals surface area contributed by atoms with E-state index in [-0.39, 0.29) is 24.1 Å². The number of carbonyl (C=O) groups excluding carboxylic acids is 1. The lowest BCUT2D eigenvalue weighted by molar-refractivity contribution is 0.0878. The normalized spacial score (nSPS) is 15.7. The highest BCUT2D eigenvalue weighted by atomic mass is 35.5. The molecule has 0 atom stereocenters. The second-order valence-corrected chi connectivity index (χ2v) is 2.96. The van der Waals surface area contributed by atoms with Gasteiger partial charge in [0.05, 0.1) is 0 Å². The van der Waals surface area contributed by atoms with E-state index in [4.69, 9.17) is 0 Å². The largest absolute Gasteiger partial charge is 0.315 e. The maximum atomic E-state index is 11.5. The fraction of sp³-hybridized carbons (Fsp3) is 0.333. The number of pyridine rings is 1. The van der Waals surface area contributed by atoms with Crippen molar-refractivity contribution in [2.45, 2.75) is 0 Å². The summed E-state index contributed by atoms with van der Waals surface area (Å²) in [6.45, 7) is 1.63. The van der Waals surface area contributed by atoms with Gasteiger partial charge in [-0.3, -0.25) is 9.78 Å². The van der Waals surface area contributed by atoms with Gasteiger partial charge in [-0.1, -0.05) is 0 Å². The van der Waals surface area contributed by atoms with Crippen molar-refractivity contribution in [3.8, 4) is 0 Å². The standard InChI is InChI=1S/C9H10N2O.ClH/c12-9(8-5-11-6-8)7-2-1-3-10-4-7;/h1-4,8,11H,5-6H2;1H. The summed E-state index contributed by atoms with van der Waals surface area (Å²) in [7, 11) is 0. The minimum atomic E-state index is 0. The molecule has 0 bridgehead atoms. The summed E-state index contributed by atoms with van der Waals surface area (Å²) in [5, 5.41) is 3.07. The lowest BCUT2D eigenvalue weighted by Crippen LogP contribution is -2.46. The van der Waals surface area contributed by atoms with Gasteiger partial charge in [-0.15, -0.1) is 12.4 Å². The van der Waals surface area contributed by atoms with Crippen LogP contribution in [-0.2, 0) is 0 Å². The Hall–Kier alpha value is -0.930. The van der Waals surface area contributed by atoms with E-state index >= 15 is 0 Å². The fourth-order valence-corrected chi connectivity index (χ4v) is 1.22. The number of Topliss-reactive ketones (excluding diaryl/α,β-unsaturated/α-hetero) is 1. The number of nitrogens with zero attached hydrogens (tertiary/aromatic N) is 1. The van der Waals surface area contributed by atoms with Crippen LogP contribution in [0.4, 0.5) is 0 Å². The number of aromatic nitrogens is 1. The Labute approximate surface area is 83.0 Å². The number of nitrogens with one attached hydrogen (secondary N) is 1. The average molecular weight is 199 g/mol. The third-order valence-electron chi connectivity index (χ3n) is 2.10.